The highest BCUT2D eigenvalue weighted by Crippen LogP contribution is 2.35. The van der Waals surface area contributed by atoms with Gasteiger partial charge in [-0.1, -0.05) is 15.9 Å². The third kappa shape index (κ3) is 5.38. The molecule has 0 atom stereocenters. The number of hydrogen-bond acceptors (Lipinski definition) is 8. The first kappa shape index (κ1) is 22.5. The minimum atomic E-state index is -0.481. The Morgan fingerprint density at radius 2 is 2.00 bits per heavy atom. The maximum absolute atomic E-state index is 13.1. The lowest BCUT2D eigenvalue weighted by atomic mass is 10.2. The zero-order chi connectivity index (χ0) is 23.4. The number of phenols is 1. The Morgan fingerprint density at radius 3 is 2.70 bits per heavy atom. The van der Waals surface area contributed by atoms with Crippen LogP contribution in [0.5, 0.6) is 5.75 Å². The smallest absolute Gasteiger partial charge is 0.269 e. The highest BCUT2D eigenvalue weighted by atomic mass is 79.9. The van der Waals surface area contributed by atoms with Crippen molar-refractivity contribution in [3.05, 3.63) is 97.2 Å². The molecule has 4 rings (SSSR count). The van der Waals surface area contributed by atoms with Crippen LogP contribution in [0.15, 0.2) is 84.9 Å². The number of phenolic OH excluding ortho intramolecular Hbond substituents is 1. The summed E-state index contributed by atoms with van der Waals surface area (Å²) in [5.41, 5.74) is 1.08. The number of nitro benzene ring substituents is 1. The van der Waals surface area contributed by atoms with E-state index in [9.17, 15) is 20.0 Å². The number of rotatable bonds is 6. The number of amidine groups is 1. The molecule has 0 spiro atoms. The van der Waals surface area contributed by atoms with Gasteiger partial charge in [-0.25, -0.2) is 0 Å². The molecular weight excluding hydrogens is 512 g/mol. The van der Waals surface area contributed by atoms with Crippen LogP contribution in [-0.4, -0.2) is 32.2 Å². The second-order valence-corrected chi connectivity index (χ2v) is 8.69. The highest BCUT2D eigenvalue weighted by Gasteiger charge is 2.34. The average Bonchev–Trinajstić information content (AvgIpc) is 3.41. The van der Waals surface area contributed by atoms with Crippen molar-refractivity contribution in [1.29, 1.82) is 0 Å². The number of benzene rings is 2. The summed E-state index contributed by atoms with van der Waals surface area (Å²) < 4.78 is 6.13. The zero-order valence-electron chi connectivity index (χ0n) is 16.8. The topological polar surface area (TPSA) is 122 Å². The van der Waals surface area contributed by atoms with Crippen LogP contribution in [0.25, 0.3) is 6.08 Å². The van der Waals surface area contributed by atoms with Gasteiger partial charge in [0, 0.05) is 22.2 Å². The summed E-state index contributed by atoms with van der Waals surface area (Å²) in [6.45, 7) is 0.159. The van der Waals surface area contributed by atoms with Gasteiger partial charge in [0.1, 0.15) is 11.5 Å². The number of nitro groups is 1. The minimum Gasteiger partial charge on any atom is -0.507 e. The van der Waals surface area contributed by atoms with E-state index in [-0.39, 0.29) is 23.9 Å². The summed E-state index contributed by atoms with van der Waals surface area (Å²) in [5.74, 6) is 0.306. The maximum atomic E-state index is 13.1. The molecule has 1 amide bonds. The number of non-ortho nitro benzene ring substituents is 1. The second-order valence-electron chi connectivity index (χ2n) is 6.76. The van der Waals surface area contributed by atoms with Gasteiger partial charge in [0.15, 0.2) is 5.17 Å². The quantitative estimate of drug-likeness (QED) is 0.205. The largest absolute Gasteiger partial charge is 0.507 e. The molecule has 166 valence electrons. The van der Waals surface area contributed by atoms with E-state index in [1.807, 2.05) is 0 Å². The number of furan rings is 1. The van der Waals surface area contributed by atoms with Crippen LogP contribution < -0.4 is 0 Å². The molecule has 3 aromatic rings. The van der Waals surface area contributed by atoms with E-state index in [0.29, 0.717) is 27.0 Å². The second kappa shape index (κ2) is 9.84. The van der Waals surface area contributed by atoms with Gasteiger partial charge >= 0.3 is 0 Å². The molecular formula is C22H15BrN4O5S. The minimum absolute atomic E-state index is 0.0226. The summed E-state index contributed by atoms with van der Waals surface area (Å²) in [5, 5.41) is 29.5. The van der Waals surface area contributed by atoms with Crippen LogP contribution in [0.1, 0.15) is 16.9 Å². The molecule has 1 fully saturated rings. The first-order chi connectivity index (χ1) is 15.9. The summed E-state index contributed by atoms with van der Waals surface area (Å²) in [4.78, 5) is 25.2. The number of thioether (sulfide) groups is 1. The van der Waals surface area contributed by atoms with E-state index in [0.717, 1.165) is 16.2 Å². The average molecular weight is 527 g/mol. The van der Waals surface area contributed by atoms with Crippen LogP contribution in [0.3, 0.4) is 0 Å². The van der Waals surface area contributed by atoms with E-state index in [4.69, 9.17) is 4.42 Å². The van der Waals surface area contributed by atoms with E-state index < -0.39 is 4.92 Å². The SMILES string of the molecule is O=C1/C(=C/c2cc(Br)ccc2O)S/C(=N/N=C\c2ccc([N+](=O)[O-])cc2)N1Cc1ccco1. The zero-order valence-corrected chi connectivity index (χ0v) is 19.2. The van der Waals surface area contributed by atoms with E-state index in [2.05, 4.69) is 26.1 Å². The van der Waals surface area contributed by atoms with Gasteiger partial charge in [0.2, 0.25) is 0 Å². The molecule has 1 aliphatic heterocycles. The molecule has 0 radical (unpaired) electrons. The normalized spacial score (nSPS) is 16.4. The monoisotopic (exact) mass is 526 g/mol. The number of amides is 1. The van der Waals surface area contributed by atoms with Crippen molar-refractivity contribution in [2.24, 2.45) is 10.2 Å². The van der Waals surface area contributed by atoms with Gasteiger partial charge < -0.3 is 9.52 Å². The van der Waals surface area contributed by atoms with Gasteiger partial charge in [-0.05, 0) is 65.9 Å². The molecule has 1 N–H and O–H groups in total. The molecule has 9 nitrogen and oxygen atoms in total. The highest BCUT2D eigenvalue weighted by molar-refractivity contribution is 9.10. The van der Waals surface area contributed by atoms with Crippen molar-refractivity contribution in [2.75, 3.05) is 0 Å². The molecule has 11 heteroatoms. The summed E-state index contributed by atoms with van der Waals surface area (Å²) in [6, 6.07) is 14.3. The van der Waals surface area contributed by atoms with Crippen LogP contribution in [0, 0.1) is 10.1 Å². The van der Waals surface area contributed by atoms with Crippen LogP contribution in [-0.2, 0) is 11.3 Å². The molecule has 0 aliphatic carbocycles. The lowest BCUT2D eigenvalue weighted by Gasteiger charge is -2.12. The number of aromatic hydroxyl groups is 1. The Balaban J connectivity index is 1.62. The molecule has 1 saturated heterocycles. The predicted octanol–water partition coefficient (Wildman–Crippen LogP) is 5.16. The van der Waals surface area contributed by atoms with Gasteiger partial charge in [-0.2, -0.15) is 5.10 Å². The third-order valence-electron chi connectivity index (χ3n) is 4.51. The van der Waals surface area contributed by atoms with Gasteiger partial charge in [0.25, 0.3) is 11.6 Å². The van der Waals surface area contributed by atoms with E-state index in [1.165, 1.54) is 35.6 Å². The Hall–Kier alpha value is -3.70. The lowest BCUT2D eigenvalue weighted by molar-refractivity contribution is -0.384. The Kier molecular flexibility index (Phi) is 6.71. The van der Waals surface area contributed by atoms with Crippen molar-refractivity contribution < 1.29 is 19.2 Å². The van der Waals surface area contributed by atoms with Crippen molar-refractivity contribution >= 4 is 56.7 Å². The summed E-state index contributed by atoms with van der Waals surface area (Å²) in [7, 11) is 0. The number of carbonyl (C=O) groups is 1. The van der Waals surface area contributed by atoms with Gasteiger partial charge in [-0.3, -0.25) is 19.8 Å². The Labute approximate surface area is 200 Å². The van der Waals surface area contributed by atoms with Crippen molar-refractivity contribution in [3.8, 4) is 5.75 Å². The first-order valence-electron chi connectivity index (χ1n) is 9.48. The predicted molar refractivity (Wildman–Crippen MR) is 129 cm³/mol. The fourth-order valence-electron chi connectivity index (χ4n) is 2.89. The number of carbonyl (C=O) groups excluding carboxylic acids is 1. The molecule has 0 bridgehead atoms. The van der Waals surface area contributed by atoms with Crippen LogP contribution >= 0.6 is 27.7 Å². The molecule has 2 heterocycles. The fraction of sp³-hybridized carbons (Fsp3) is 0.0455. The first-order valence-corrected chi connectivity index (χ1v) is 11.1. The molecule has 0 unspecified atom stereocenters. The third-order valence-corrected chi connectivity index (χ3v) is 6.00. The number of hydrogen-bond donors (Lipinski definition) is 1. The number of nitrogens with zero attached hydrogens (tertiary/aromatic N) is 4. The maximum Gasteiger partial charge on any atom is 0.269 e. The van der Waals surface area contributed by atoms with Crippen LogP contribution in [0.2, 0.25) is 0 Å². The standard InChI is InChI=1S/C22H15BrN4O5S/c23-16-5-8-19(28)15(10-16)11-20-21(29)26(13-18-2-1-9-32-18)22(33-20)25-24-12-14-3-6-17(7-4-14)27(30)31/h1-12,28H,13H2/b20-11-,24-12-,25-22+. The fourth-order valence-corrected chi connectivity index (χ4v) is 4.19. The van der Waals surface area contributed by atoms with E-state index >= 15 is 0 Å². The molecule has 33 heavy (non-hydrogen) atoms. The summed E-state index contributed by atoms with van der Waals surface area (Å²) >= 11 is 4.47. The van der Waals surface area contributed by atoms with Crippen LogP contribution in [0.4, 0.5) is 5.69 Å². The molecule has 0 saturated carbocycles. The van der Waals surface area contributed by atoms with Gasteiger partial charge in [-0.15, -0.1) is 5.10 Å². The summed E-state index contributed by atoms with van der Waals surface area (Å²) in [6.07, 6.45) is 4.54. The molecule has 1 aliphatic rings. The molecule has 1 aromatic heterocycles. The van der Waals surface area contributed by atoms with Gasteiger partial charge in [0.05, 0.1) is 28.9 Å². The Bertz CT molecular complexity index is 1290. The number of halogens is 1. The van der Waals surface area contributed by atoms with E-state index in [1.54, 1.807) is 42.5 Å². The Morgan fingerprint density at radius 1 is 1.21 bits per heavy atom. The van der Waals surface area contributed by atoms with Crippen molar-refractivity contribution in [1.82, 2.24) is 4.90 Å². The lowest BCUT2D eigenvalue weighted by Crippen LogP contribution is -2.28. The molecule has 2 aromatic carbocycles. The van der Waals surface area contributed by atoms with Crippen molar-refractivity contribution in [3.63, 3.8) is 0 Å². The van der Waals surface area contributed by atoms with Crippen molar-refractivity contribution in [2.45, 2.75) is 6.54 Å².